The Morgan fingerprint density at radius 2 is 2.08 bits per heavy atom. The van der Waals surface area contributed by atoms with Crippen LogP contribution < -0.4 is 10.6 Å². The van der Waals surface area contributed by atoms with E-state index >= 15 is 0 Å². The van der Waals surface area contributed by atoms with Crippen LogP contribution in [-0.2, 0) is 16.3 Å². The summed E-state index contributed by atoms with van der Waals surface area (Å²) >= 11 is 0. The average Bonchev–Trinajstić information content (AvgIpc) is 3.13. The van der Waals surface area contributed by atoms with E-state index in [1.165, 1.54) is 10.9 Å². The summed E-state index contributed by atoms with van der Waals surface area (Å²) in [6.07, 6.45) is 4.41. The number of rotatable bonds is 6. The van der Waals surface area contributed by atoms with Gasteiger partial charge in [-0.15, -0.1) is 0 Å². The van der Waals surface area contributed by atoms with E-state index in [1.807, 2.05) is 24.4 Å². The Morgan fingerprint density at radius 1 is 1.25 bits per heavy atom. The largest absolute Gasteiger partial charge is 0.361 e. The monoisotopic (exact) mass is 349 g/mol. The molecular formula is C17H23N3O3S. The third-order valence-corrected chi connectivity index (χ3v) is 6.30. The molecule has 1 aliphatic rings. The molecule has 0 spiro atoms. The molecule has 0 saturated carbocycles. The molecule has 6 nitrogen and oxygen atoms in total. The number of hydrogen-bond donors (Lipinski definition) is 3. The molecule has 1 saturated heterocycles. The lowest BCUT2D eigenvalue weighted by atomic mass is 10.1. The van der Waals surface area contributed by atoms with Crippen molar-refractivity contribution in [2.45, 2.75) is 19.3 Å². The Bertz CT molecular complexity index is 813. The smallest absolute Gasteiger partial charge is 0.314 e. The van der Waals surface area contributed by atoms with E-state index in [0.29, 0.717) is 19.5 Å². The Morgan fingerprint density at radius 3 is 2.88 bits per heavy atom. The van der Waals surface area contributed by atoms with Gasteiger partial charge in [0.1, 0.15) is 0 Å². The molecule has 0 bridgehead atoms. The Labute approximate surface area is 141 Å². The van der Waals surface area contributed by atoms with Crippen molar-refractivity contribution in [1.29, 1.82) is 0 Å². The van der Waals surface area contributed by atoms with Gasteiger partial charge in [-0.1, -0.05) is 18.2 Å². The predicted molar refractivity (Wildman–Crippen MR) is 94.8 cm³/mol. The minimum atomic E-state index is -2.88. The highest BCUT2D eigenvalue weighted by Crippen LogP contribution is 2.19. The number of aromatic nitrogens is 1. The highest BCUT2D eigenvalue weighted by Gasteiger charge is 2.27. The number of amides is 2. The zero-order chi connectivity index (χ0) is 17.0. The maximum absolute atomic E-state index is 11.8. The first-order chi connectivity index (χ1) is 11.5. The molecule has 3 rings (SSSR count). The Balaban J connectivity index is 1.35. The van der Waals surface area contributed by atoms with Crippen LogP contribution in [0.3, 0.4) is 0 Å². The molecule has 1 aromatic carbocycles. The zero-order valence-electron chi connectivity index (χ0n) is 13.5. The Kier molecular flexibility index (Phi) is 5.08. The van der Waals surface area contributed by atoms with Crippen molar-refractivity contribution in [1.82, 2.24) is 15.6 Å². The first-order valence-corrected chi connectivity index (χ1v) is 10.1. The summed E-state index contributed by atoms with van der Waals surface area (Å²) in [5, 5.41) is 6.82. The van der Waals surface area contributed by atoms with E-state index in [0.717, 1.165) is 18.4 Å². The first-order valence-electron chi connectivity index (χ1n) is 8.30. The number of benzene rings is 1. The van der Waals surface area contributed by atoms with E-state index in [9.17, 15) is 13.2 Å². The van der Waals surface area contributed by atoms with Crippen molar-refractivity contribution in [2.24, 2.45) is 5.92 Å². The SMILES string of the molecule is O=C(NCCCc1c[nH]c2ccccc12)NC[C@H]1CCS(=O)(=O)C1. The first kappa shape index (κ1) is 16.8. The highest BCUT2D eigenvalue weighted by molar-refractivity contribution is 7.91. The summed E-state index contributed by atoms with van der Waals surface area (Å²) in [7, 11) is -2.88. The Hall–Kier alpha value is -2.02. The molecule has 2 amide bonds. The third-order valence-electron chi connectivity index (χ3n) is 4.46. The maximum atomic E-state index is 11.8. The predicted octanol–water partition coefficient (Wildman–Crippen LogP) is 1.83. The van der Waals surface area contributed by atoms with Crippen molar-refractivity contribution in [3.63, 3.8) is 0 Å². The number of H-pyrrole nitrogens is 1. The minimum Gasteiger partial charge on any atom is -0.361 e. The van der Waals surface area contributed by atoms with E-state index in [2.05, 4.69) is 21.7 Å². The summed E-state index contributed by atoms with van der Waals surface area (Å²) in [6, 6.07) is 7.95. The van der Waals surface area contributed by atoms with E-state index < -0.39 is 9.84 Å². The summed E-state index contributed by atoms with van der Waals surface area (Å²) < 4.78 is 22.7. The maximum Gasteiger partial charge on any atom is 0.314 e. The number of urea groups is 1. The number of carbonyl (C=O) groups excluding carboxylic acids is 1. The van der Waals surface area contributed by atoms with Crippen LogP contribution in [0.2, 0.25) is 0 Å². The molecule has 2 aromatic rings. The van der Waals surface area contributed by atoms with Gasteiger partial charge in [0, 0.05) is 30.2 Å². The molecule has 0 radical (unpaired) electrons. The van der Waals surface area contributed by atoms with Gasteiger partial charge in [-0.2, -0.15) is 0 Å². The summed E-state index contributed by atoms with van der Waals surface area (Å²) in [5.41, 5.74) is 2.38. The average molecular weight is 349 g/mol. The molecule has 24 heavy (non-hydrogen) atoms. The van der Waals surface area contributed by atoms with E-state index in [1.54, 1.807) is 0 Å². The van der Waals surface area contributed by atoms with Gasteiger partial charge in [0.25, 0.3) is 0 Å². The van der Waals surface area contributed by atoms with Gasteiger partial charge in [-0.25, -0.2) is 13.2 Å². The molecule has 1 aliphatic heterocycles. The van der Waals surface area contributed by atoms with Gasteiger partial charge >= 0.3 is 6.03 Å². The van der Waals surface area contributed by atoms with Crippen LogP contribution in [0.5, 0.6) is 0 Å². The van der Waals surface area contributed by atoms with Gasteiger partial charge < -0.3 is 15.6 Å². The van der Waals surface area contributed by atoms with Crippen molar-refractivity contribution in [3.8, 4) is 0 Å². The lowest BCUT2D eigenvalue weighted by Crippen LogP contribution is -2.39. The number of nitrogens with one attached hydrogen (secondary N) is 3. The lowest BCUT2D eigenvalue weighted by molar-refractivity contribution is 0.239. The van der Waals surface area contributed by atoms with Crippen LogP contribution >= 0.6 is 0 Å². The number of fused-ring (bicyclic) bond motifs is 1. The minimum absolute atomic E-state index is 0.0481. The second-order valence-corrected chi connectivity index (χ2v) is 8.60. The van der Waals surface area contributed by atoms with Crippen LogP contribution in [0.25, 0.3) is 10.9 Å². The van der Waals surface area contributed by atoms with Crippen molar-refractivity contribution in [2.75, 3.05) is 24.6 Å². The quantitative estimate of drug-likeness (QED) is 0.695. The fraction of sp³-hybridized carbons (Fsp3) is 0.471. The zero-order valence-corrected chi connectivity index (χ0v) is 14.4. The van der Waals surface area contributed by atoms with Gasteiger partial charge in [0.2, 0.25) is 0 Å². The van der Waals surface area contributed by atoms with Crippen LogP contribution in [0, 0.1) is 5.92 Å². The van der Waals surface area contributed by atoms with Crippen LogP contribution in [0.15, 0.2) is 30.5 Å². The van der Waals surface area contributed by atoms with Crippen molar-refractivity contribution >= 4 is 26.8 Å². The second kappa shape index (κ2) is 7.25. The molecule has 0 unspecified atom stereocenters. The summed E-state index contributed by atoms with van der Waals surface area (Å²) in [4.78, 5) is 15.0. The van der Waals surface area contributed by atoms with Crippen molar-refractivity contribution < 1.29 is 13.2 Å². The van der Waals surface area contributed by atoms with Crippen LogP contribution in [-0.4, -0.2) is 44.0 Å². The van der Waals surface area contributed by atoms with E-state index in [-0.39, 0.29) is 23.5 Å². The molecule has 1 atom stereocenters. The molecule has 1 aromatic heterocycles. The number of hydrogen-bond acceptors (Lipinski definition) is 3. The van der Waals surface area contributed by atoms with Gasteiger partial charge in [-0.3, -0.25) is 0 Å². The lowest BCUT2D eigenvalue weighted by Gasteiger charge is -2.10. The fourth-order valence-corrected chi connectivity index (χ4v) is 5.01. The van der Waals surface area contributed by atoms with Crippen LogP contribution in [0.4, 0.5) is 4.79 Å². The molecule has 7 heteroatoms. The topological polar surface area (TPSA) is 91.1 Å². The number of para-hydroxylation sites is 1. The number of aryl methyl sites for hydroxylation is 1. The number of carbonyl (C=O) groups is 1. The second-order valence-electron chi connectivity index (χ2n) is 6.37. The van der Waals surface area contributed by atoms with E-state index in [4.69, 9.17) is 0 Å². The van der Waals surface area contributed by atoms with Gasteiger partial charge in [-0.05, 0) is 36.8 Å². The summed E-state index contributed by atoms with van der Waals surface area (Å²) in [5.74, 6) is 0.478. The number of sulfone groups is 1. The third kappa shape index (κ3) is 4.29. The molecule has 130 valence electrons. The molecule has 0 aliphatic carbocycles. The number of aromatic amines is 1. The summed E-state index contributed by atoms with van der Waals surface area (Å²) in [6.45, 7) is 1.02. The highest BCUT2D eigenvalue weighted by atomic mass is 32.2. The fourth-order valence-electron chi connectivity index (χ4n) is 3.15. The van der Waals surface area contributed by atoms with Gasteiger partial charge in [0.05, 0.1) is 11.5 Å². The van der Waals surface area contributed by atoms with Crippen LogP contribution in [0.1, 0.15) is 18.4 Å². The molecule has 2 heterocycles. The standard InChI is InChI=1S/C17H23N3O3S/c21-17(20-10-13-7-9-24(22,23)12-13)18-8-3-4-14-11-19-16-6-2-1-5-15(14)16/h1-2,5-6,11,13,19H,3-4,7-10,12H2,(H2,18,20,21)/t13-/m1/s1. The normalized spacial score (nSPS) is 19.4. The molecular weight excluding hydrogens is 326 g/mol. The molecule has 3 N–H and O–H groups in total. The van der Waals surface area contributed by atoms with Gasteiger partial charge in [0.15, 0.2) is 9.84 Å². The molecule has 1 fully saturated rings. The van der Waals surface area contributed by atoms with Crippen molar-refractivity contribution in [3.05, 3.63) is 36.0 Å².